The third-order valence-corrected chi connectivity index (χ3v) is 3.72. The van der Waals surface area contributed by atoms with Gasteiger partial charge in [0.05, 0.1) is 12.0 Å². The summed E-state index contributed by atoms with van der Waals surface area (Å²) in [5.41, 5.74) is 0.480. The van der Waals surface area contributed by atoms with Crippen LogP contribution in [0.2, 0.25) is 0 Å². The number of ether oxygens (including phenoxy) is 1. The highest BCUT2D eigenvalue weighted by molar-refractivity contribution is 6.04. The molecule has 0 saturated carbocycles. The summed E-state index contributed by atoms with van der Waals surface area (Å²) in [4.78, 5) is 18.7. The fourth-order valence-corrected chi connectivity index (χ4v) is 2.53. The topological polar surface area (TPSA) is 42.4 Å². The van der Waals surface area contributed by atoms with Crippen molar-refractivity contribution in [3.8, 4) is 0 Å². The van der Waals surface area contributed by atoms with Crippen molar-refractivity contribution >= 4 is 14.0 Å². The summed E-state index contributed by atoms with van der Waals surface area (Å²) in [5.74, 6) is -0.105. The monoisotopic (exact) mass is 246 g/mol. The first-order valence-electron chi connectivity index (χ1n) is 6.45. The summed E-state index contributed by atoms with van der Waals surface area (Å²) in [5, 5.41) is 0. The van der Waals surface area contributed by atoms with E-state index in [0.717, 1.165) is 31.5 Å². The molecule has 1 aliphatic rings. The van der Waals surface area contributed by atoms with Gasteiger partial charge in [-0.3, -0.25) is 9.78 Å². The molecule has 4 nitrogen and oxygen atoms in total. The molecule has 1 aliphatic heterocycles. The van der Waals surface area contributed by atoms with Crippen LogP contribution in [0.4, 0.5) is 0 Å². The number of piperidine rings is 1. The van der Waals surface area contributed by atoms with Crippen LogP contribution in [-0.2, 0) is 14.9 Å². The van der Waals surface area contributed by atoms with E-state index in [4.69, 9.17) is 4.74 Å². The van der Waals surface area contributed by atoms with Gasteiger partial charge in [0.1, 0.15) is 0 Å². The second-order valence-corrected chi connectivity index (χ2v) is 4.85. The van der Waals surface area contributed by atoms with Gasteiger partial charge in [0, 0.05) is 12.4 Å². The lowest BCUT2D eigenvalue weighted by molar-refractivity contribution is -0.152. The average molecular weight is 246 g/mol. The van der Waals surface area contributed by atoms with Gasteiger partial charge >= 0.3 is 5.97 Å². The zero-order valence-corrected chi connectivity index (χ0v) is 11.1. The molecule has 0 radical (unpaired) electrons. The molecule has 0 atom stereocenters. The number of hydrogen-bond acceptors (Lipinski definition) is 4. The van der Waals surface area contributed by atoms with E-state index in [1.807, 2.05) is 19.1 Å². The highest BCUT2D eigenvalue weighted by Crippen LogP contribution is 2.36. The second-order valence-electron chi connectivity index (χ2n) is 4.85. The van der Waals surface area contributed by atoms with Crippen molar-refractivity contribution < 1.29 is 9.53 Å². The van der Waals surface area contributed by atoms with Crippen LogP contribution in [0.15, 0.2) is 24.5 Å². The summed E-state index contributed by atoms with van der Waals surface area (Å²) in [7, 11) is 2.08. The summed E-state index contributed by atoms with van der Waals surface area (Å²) in [6.45, 7) is 4.10. The summed E-state index contributed by atoms with van der Waals surface area (Å²) in [6, 6.07) is 3.86. The Labute approximate surface area is 109 Å². The Hall–Kier alpha value is -1.36. The van der Waals surface area contributed by atoms with Gasteiger partial charge in [0.15, 0.2) is 7.98 Å². The molecule has 0 bridgehead atoms. The van der Waals surface area contributed by atoms with Crippen LogP contribution < -0.4 is 0 Å². The molecule has 1 saturated heterocycles. The van der Waals surface area contributed by atoms with Crippen LogP contribution in [0.1, 0.15) is 25.3 Å². The number of carbonyl (C=O) groups excluding carboxylic acids is 1. The minimum atomic E-state index is -0.503. The number of pyridine rings is 1. The van der Waals surface area contributed by atoms with Gasteiger partial charge < -0.3 is 9.55 Å². The predicted molar refractivity (Wildman–Crippen MR) is 71.9 cm³/mol. The van der Waals surface area contributed by atoms with Gasteiger partial charge in [-0.05, 0) is 44.5 Å². The molecular formula is C13H19BN2O2. The molecule has 5 heteroatoms. The van der Waals surface area contributed by atoms with Crippen molar-refractivity contribution in [1.29, 1.82) is 0 Å². The van der Waals surface area contributed by atoms with E-state index in [9.17, 15) is 4.79 Å². The van der Waals surface area contributed by atoms with E-state index in [1.165, 1.54) is 0 Å². The molecule has 0 amide bonds. The summed E-state index contributed by atoms with van der Waals surface area (Å²) >= 11 is 0. The molecule has 0 unspecified atom stereocenters. The normalized spacial score (nSPS) is 19.4. The molecule has 0 N–H and O–H groups in total. The smallest absolute Gasteiger partial charge is 0.316 e. The molecule has 0 spiro atoms. The SMILES string of the molecule is BN1CCC(C(=O)OCC)(c2cccnc2)CC1. The van der Waals surface area contributed by atoms with E-state index >= 15 is 0 Å². The second kappa shape index (κ2) is 5.52. The van der Waals surface area contributed by atoms with Gasteiger partial charge in [0.2, 0.25) is 0 Å². The molecule has 0 aliphatic carbocycles. The third-order valence-electron chi connectivity index (χ3n) is 3.72. The molecule has 2 rings (SSSR count). The van der Waals surface area contributed by atoms with Crippen molar-refractivity contribution in [2.75, 3.05) is 19.7 Å². The fraction of sp³-hybridized carbons (Fsp3) is 0.538. The van der Waals surface area contributed by atoms with E-state index in [1.54, 1.807) is 12.4 Å². The Balaban J connectivity index is 2.31. The Morgan fingerprint density at radius 3 is 2.83 bits per heavy atom. The maximum atomic E-state index is 12.4. The van der Waals surface area contributed by atoms with Gasteiger partial charge in [0.25, 0.3) is 0 Å². The van der Waals surface area contributed by atoms with Crippen LogP contribution in [-0.4, -0.2) is 43.4 Å². The number of hydrogen-bond donors (Lipinski definition) is 0. The van der Waals surface area contributed by atoms with Gasteiger partial charge in [-0.1, -0.05) is 6.07 Å². The number of aromatic nitrogens is 1. The zero-order chi connectivity index (χ0) is 13.0. The lowest BCUT2D eigenvalue weighted by Crippen LogP contribution is -2.47. The zero-order valence-electron chi connectivity index (χ0n) is 11.1. The van der Waals surface area contributed by atoms with Crippen LogP contribution in [0, 0.1) is 0 Å². The van der Waals surface area contributed by atoms with Gasteiger partial charge in [-0.2, -0.15) is 0 Å². The third kappa shape index (κ3) is 2.41. The molecule has 96 valence electrons. The quantitative estimate of drug-likeness (QED) is 0.576. The number of carbonyl (C=O) groups is 1. The largest absolute Gasteiger partial charge is 0.465 e. The van der Waals surface area contributed by atoms with E-state index in [2.05, 4.69) is 17.8 Å². The molecule has 1 fully saturated rings. The standard InChI is InChI=1S/C13H19BN2O2/c1-2-18-12(17)13(5-8-16(14)9-6-13)11-4-3-7-15-10-11/h3-4,7,10H,2,5-6,8-9,14H2,1H3. The van der Waals surface area contributed by atoms with Crippen LogP contribution in [0.3, 0.4) is 0 Å². The molecular weight excluding hydrogens is 227 g/mol. The van der Waals surface area contributed by atoms with Crippen molar-refractivity contribution in [2.45, 2.75) is 25.2 Å². The lowest BCUT2D eigenvalue weighted by Gasteiger charge is -2.38. The molecule has 1 aromatic heterocycles. The Bertz CT molecular complexity index is 403. The summed E-state index contributed by atoms with van der Waals surface area (Å²) in [6.07, 6.45) is 5.13. The van der Waals surface area contributed by atoms with E-state index in [0.29, 0.717) is 6.61 Å². The first kappa shape index (κ1) is 13.1. The van der Waals surface area contributed by atoms with Crippen LogP contribution in [0.5, 0.6) is 0 Å². The van der Waals surface area contributed by atoms with Crippen LogP contribution in [0.25, 0.3) is 0 Å². The minimum Gasteiger partial charge on any atom is -0.465 e. The maximum Gasteiger partial charge on any atom is 0.316 e. The number of esters is 1. The van der Waals surface area contributed by atoms with Crippen molar-refractivity contribution in [3.63, 3.8) is 0 Å². The van der Waals surface area contributed by atoms with E-state index < -0.39 is 5.41 Å². The maximum absolute atomic E-state index is 12.4. The van der Waals surface area contributed by atoms with Crippen LogP contribution >= 0.6 is 0 Å². The first-order chi connectivity index (χ1) is 8.69. The highest BCUT2D eigenvalue weighted by atomic mass is 16.5. The highest BCUT2D eigenvalue weighted by Gasteiger charge is 2.43. The fourth-order valence-electron chi connectivity index (χ4n) is 2.53. The van der Waals surface area contributed by atoms with Crippen molar-refractivity contribution in [2.24, 2.45) is 0 Å². The number of nitrogens with zero attached hydrogens (tertiary/aromatic N) is 2. The average Bonchev–Trinajstić information content (AvgIpc) is 2.41. The molecule has 1 aromatic rings. The Kier molecular flexibility index (Phi) is 4.02. The van der Waals surface area contributed by atoms with Crippen molar-refractivity contribution in [1.82, 2.24) is 9.79 Å². The van der Waals surface area contributed by atoms with Gasteiger partial charge in [-0.25, -0.2) is 0 Å². The van der Waals surface area contributed by atoms with E-state index in [-0.39, 0.29) is 5.97 Å². The predicted octanol–water partition coefficient (Wildman–Crippen LogP) is 0.526. The Morgan fingerprint density at radius 1 is 1.56 bits per heavy atom. The molecule has 0 aromatic carbocycles. The first-order valence-corrected chi connectivity index (χ1v) is 6.45. The lowest BCUT2D eigenvalue weighted by atomic mass is 9.73. The molecule has 18 heavy (non-hydrogen) atoms. The summed E-state index contributed by atoms with van der Waals surface area (Å²) < 4.78 is 5.29. The minimum absolute atomic E-state index is 0.105. The van der Waals surface area contributed by atoms with Crippen molar-refractivity contribution in [3.05, 3.63) is 30.1 Å². The number of rotatable bonds is 3. The van der Waals surface area contributed by atoms with Gasteiger partial charge in [-0.15, -0.1) is 0 Å². The Morgan fingerprint density at radius 2 is 2.28 bits per heavy atom. The molecule has 2 heterocycles.